The number of benzene rings is 1. The van der Waals surface area contributed by atoms with Crippen LogP contribution < -0.4 is 0 Å². The van der Waals surface area contributed by atoms with Crippen LogP contribution in [0.5, 0.6) is 0 Å². The van der Waals surface area contributed by atoms with Crippen LogP contribution in [0.2, 0.25) is 0 Å². The zero-order chi connectivity index (χ0) is 16.3. The van der Waals surface area contributed by atoms with Crippen LogP contribution in [-0.4, -0.2) is 23.7 Å². The van der Waals surface area contributed by atoms with Gasteiger partial charge in [-0.05, 0) is 31.9 Å². The van der Waals surface area contributed by atoms with Gasteiger partial charge in [0.1, 0.15) is 0 Å². The molecule has 0 aliphatic carbocycles. The molecule has 4 nitrogen and oxygen atoms in total. The van der Waals surface area contributed by atoms with Crippen molar-refractivity contribution in [2.45, 2.75) is 26.4 Å². The van der Waals surface area contributed by atoms with Gasteiger partial charge in [-0.15, -0.1) is 0 Å². The van der Waals surface area contributed by atoms with Gasteiger partial charge >= 0.3 is 18.1 Å². The van der Waals surface area contributed by atoms with E-state index in [1.54, 1.807) is 0 Å². The van der Waals surface area contributed by atoms with Crippen LogP contribution in [0, 0.1) is 5.41 Å². The number of esters is 1. The summed E-state index contributed by atoms with van der Waals surface area (Å²) in [5.74, 6) is -2.42. The zero-order valence-corrected chi connectivity index (χ0v) is 11.5. The van der Waals surface area contributed by atoms with Gasteiger partial charge in [0.15, 0.2) is 5.41 Å². The van der Waals surface area contributed by atoms with E-state index in [-0.39, 0.29) is 18.6 Å². The predicted molar refractivity (Wildman–Crippen MR) is 67.5 cm³/mol. The van der Waals surface area contributed by atoms with Gasteiger partial charge < -0.3 is 9.84 Å². The van der Waals surface area contributed by atoms with Gasteiger partial charge in [-0.25, -0.2) is 0 Å². The fourth-order valence-corrected chi connectivity index (χ4v) is 1.79. The van der Waals surface area contributed by atoms with Gasteiger partial charge in [-0.2, -0.15) is 13.2 Å². The molecule has 0 aliphatic rings. The van der Waals surface area contributed by atoms with Crippen molar-refractivity contribution in [2.24, 2.45) is 5.41 Å². The van der Waals surface area contributed by atoms with Crippen molar-refractivity contribution in [1.82, 2.24) is 0 Å². The van der Waals surface area contributed by atoms with E-state index in [0.29, 0.717) is 0 Å². The summed E-state index contributed by atoms with van der Waals surface area (Å²) in [6.45, 7) is 2.64. The van der Waals surface area contributed by atoms with Crippen LogP contribution in [0.1, 0.15) is 25.0 Å². The van der Waals surface area contributed by atoms with E-state index in [0.717, 1.165) is 19.1 Å². The normalized spacial score (nSPS) is 14.3. The summed E-state index contributed by atoms with van der Waals surface area (Å²) >= 11 is 0. The molecule has 0 fully saturated rings. The topological polar surface area (TPSA) is 63.6 Å². The Kier molecular flexibility index (Phi) is 4.98. The first kappa shape index (κ1) is 17.0. The summed E-state index contributed by atoms with van der Waals surface area (Å²) in [5, 5.41) is 9.20. The van der Waals surface area contributed by atoms with E-state index < -0.39 is 29.1 Å². The molecule has 0 bridgehead atoms. The van der Waals surface area contributed by atoms with Gasteiger partial charge in [0.05, 0.1) is 12.2 Å². The Morgan fingerprint density at radius 3 is 2.38 bits per heavy atom. The quantitative estimate of drug-likeness (QED) is 0.671. The first-order valence-electron chi connectivity index (χ1n) is 6.18. The Morgan fingerprint density at radius 1 is 1.29 bits per heavy atom. The number of carbonyl (C=O) groups is 2. The van der Waals surface area contributed by atoms with Crippen molar-refractivity contribution in [3.63, 3.8) is 0 Å². The Hall–Kier alpha value is -2.05. The molecule has 1 unspecified atom stereocenters. The van der Waals surface area contributed by atoms with E-state index in [9.17, 15) is 27.9 Å². The molecule has 116 valence electrons. The number of carbonyl (C=O) groups excluding carboxylic acids is 1. The molecule has 0 radical (unpaired) electrons. The highest BCUT2D eigenvalue weighted by atomic mass is 19.4. The average molecular weight is 304 g/mol. The number of ether oxygens (including phenoxy) is 1. The SMILES string of the molecule is CCOC(=O)C(C)(Cc1cccc(C(F)(F)F)c1)C(=O)O. The number of hydrogen-bond donors (Lipinski definition) is 1. The molecule has 1 aromatic carbocycles. The van der Waals surface area contributed by atoms with Gasteiger partial charge in [-0.1, -0.05) is 18.2 Å². The third-order valence-electron chi connectivity index (χ3n) is 3.01. The zero-order valence-electron chi connectivity index (χ0n) is 11.5. The minimum absolute atomic E-state index is 0.00963. The molecule has 0 spiro atoms. The van der Waals surface area contributed by atoms with Crippen molar-refractivity contribution in [3.8, 4) is 0 Å². The van der Waals surface area contributed by atoms with Crippen molar-refractivity contribution in [1.29, 1.82) is 0 Å². The maximum atomic E-state index is 12.6. The number of aliphatic carboxylic acids is 1. The summed E-state index contributed by atoms with van der Waals surface area (Å²) in [5.41, 5.74) is -2.72. The molecule has 0 aliphatic heterocycles. The number of rotatable bonds is 5. The van der Waals surface area contributed by atoms with Crippen LogP contribution >= 0.6 is 0 Å². The molecule has 1 atom stereocenters. The van der Waals surface area contributed by atoms with Gasteiger partial charge in [0.25, 0.3) is 0 Å². The van der Waals surface area contributed by atoms with Crippen molar-refractivity contribution in [2.75, 3.05) is 6.61 Å². The van der Waals surface area contributed by atoms with Gasteiger partial charge in [0.2, 0.25) is 0 Å². The molecule has 0 heterocycles. The molecule has 0 amide bonds. The van der Waals surface area contributed by atoms with E-state index >= 15 is 0 Å². The second-order valence-corrected chi connectivity index (χ2v) is 4.73. The summed E-state index contributed by atoms with van der Waals surface area (Å²) in [4.78, 5) is 23.1. The first-order chi connectivity index (χ1) is 9.61. The molecule has 1 aromatic rings. The number of hydrogen-bond acceptors (Lipinski definition) is 3. The summed E-state index contributed by atoms with van der Waals surface area (Å²) in [6, 6.07) is 4.23. The lowest BCUT2D eigenvalue weighted by Gasteiger charge is -2.23. The highest BCUT2D eigenvalue weighted by molar-refractivity contribution is 5.99. The minimum Gasteiger partial charge on any atom is -0.480 e. The fourth-order valence-electron chi connectivity index (χ4n) is 1.79. The Balaban J connectivity index is 3.11. The lowest BCUT2D eigenvalue weighted by molar-refractivity contribution is -0.167. The molecule has 0 saturated carbocycles. The molecule has 1 rings (SSSR count). The monoisotopic (exact) mass is 304 g/mol. The van der Waals surface area contributed by atoms with E-state index in [2.05, 4.69) is 0 Å². The second kappa shape index (κ2) is 6.15. The van der Waals surface area contributed by atoms with Crippen LogP contribution in [0.15, 0.2) is 24.3 Å². The van der Waals surface area contributed by atoms with Crippen LogP contribution in [-0.2, 0) is 26.9 Å². The lowest BCUT2D eigenvalue weighted by atomic mass is 9.83. The Morgan fingerprint density at radius 2 is 1.90 bits per heavy atom. The van der Waals surface area contributed by atoms with Gasteiger partial charge in [0, 0.05) is 0 Å². The fraction of sp³-hybridized carbons (Fsp3) is 0.429. The maximum Gasteiger partial charge on any atom is 0.416 e. The number of halogens is 3. The number of carboxylic acid groups (broad SMARTS) is 1. The van der Waals surface area contributed by atoms with Crippen molar-refractivity contribution >= 4 is 11.9 Å². The van der Waals surface area contributed by atoms with Crippen LogP contribution in [0.4, 0.5) is 13.2 Å². The summed E-state index contributed by atoms with van der Waals surface area (Å²) < 4.78 is 42.6. The minimum atomic E-state index is -4.53. The van der Waals surface area contributed by atoms with Gasteiger partial charge in [-0.3, -0.25) is 9.59 Å². The summed E-state index contributed by atoms with van der Waals surface area (Å²) in [6.07, 6.45) is -4.91. The van der Waals surface area contributed by atoms with E-state index in [1.807, 2.05) is 0 Å². The van der Waals surface area contributed by atoms with E-state index in [4.69, 9.17) is 4.74 Å². The van der Waals surface area contributed by atoms with Crippen molar-refractivity contribution in [3.05, 3.63) is 35.4 Å². The third-order valence-corrected chi connectivity index (χ3v) is 3.01. The predicted octanol–water partition coefficient (Wildman–Crippen LogP) is 2.90. The number of alkyl halides is 3. The van der Waals surface area contributed by atoms with Crippen LogP contribution in [0.3, 0.4) is 0 Å². The molecule has 0 saturated heterocycles. The highest BCUT2D eigenvalue weighted by Crippen LogP contribution is 2.32. The molecule has 7 heteroatoms. The highest BCUT2D eigenvalue weighted by Gasteiger charge is 2.43. The van der Waals surface area contributed by atoms with Crippen LogP contribution in [0.25, 0.3) is 0 Å². The van der Waals surface area contributed by atoms with E-state index in [1.165, 1.54) is 19.1 Å². The van der Waals surface area contributed by atoms with Crippen molar-refractivity contribution < 1.29 is 32.6 Å². The molecule has 1 N–H and O–H groups in total. The first-order valence-corrected chi connectivity index (χ1v) is 6.18. The average Bonchev–Trinajstić information content (AvgIpc) is 2.38. The summed E-state index contributed by atoms with van der Waals surface area (Å²) in [7, 11) is 0. The smallest absolute Gasteiger partial charge is 0.416 e. The Labute approximate surface area is 119 Å². The lowest BCUT2D eigenvalue weighted by Crippen LogP contribution is -2.40. The maximum absolute atomic E-state index is 12.6. The third kappa shape index (κ3) is 3.96. The second-order valence-electron chi connectivity index (χ2n) is 4.73. The largest absolute Gasteiger partial charge is 0.480 e. The molecular formula is C14H15F3O4. The number of carboxylic acids is 1. The standard InChI is InChI=1S/C14H15F3O4/c1-3-21-12(20)13(2,11(18)19)8-9-5-4-6-10(7-9)14(15,16)17/h4-7H,3,8H2,1-2H3,(H,18,19). The Bertz CT molecular complexity index is 539. The molecule has 0 aromatic heterocycles. The molecular weight excluding hydrogens is 289 g/mol. The molecule has 21 heavy (non-hydrogen) atoms.